The molecule has 0 radical (unpaired) electrons. The molecule has 2 heterocycles. The van der Waals surface area contributed by atoms with E-state index in [2.05, 4.69) is 10.4 Å². The lowest BCUT2D eigenvalue weighted by molar-refractivity contribution is 0.0379. The Morgan fingerprint density at radius 3 is 2.38 bits per heavy atom. The van der Waals surface area contributed by atoms with E-state index in [9.17, 15) is 14.4 Å². The lowest BCUT2D eigenvalue weighted by Gasteiger charge is -2.10. The van der Waals surface area contributed by atoms with Crippen LogP contribution in [0.25, 0.3) is 0 Å². The lowest BCUT2D eigenvalue weighted by atomic mass is 10.1. The highest BCUT2D eigenvalue weighted by Crippen LogP contribution is 2.34. The molecule has 0 aromatic carbocycles. The van der Waals surface area contributed by atoms with Gasteiger partial charge in [0.2, 0.25) is 0 Å². The van der Waals surface area contributed by atoms with Crippen molar-refractivity contribution in [2.45, 2.75) is 33.8 Å². The van der Waals surface area contributed by atoms with Gasteiger partial charge in [-0.2, -0.15) is 5.10 Å². The number of hydrogen-bond acceptors (Lipinski definition) is 6. The Balaban J connectivity index is 2.46. The Bertz CT molecular complexity index is 901. The number of rotatable bonds is 5. The van der Waals surface area contributed by atoms with Gasteiger partial charge in [-0.1, -0.05) is 11.6 Å². The van der Waals surface area contributed by atoms with Crippen molar-refractivity contribution in [3.63, 3.8) is 0 Å². The summed E-state index contributed by atoms with van der Waals surface area (Å²) in [6.45, 7) is 6.69. The number of carbonyl (C=O) groups is 3. The number of aromatic nitrogens is 2. The fourth-order valence-electron chi connectivity index (χ4n) is 2.25. The molecule has 26 heavy (non-hydrogen) atoms. The molecule has 3 N–H and O–H groups in total. The summed E-state index contributed by atoms with van der Waals surface area (Å²) in [6.07, 6.45) is -0.365. The summed E-state index contributed by atoms with van der Waals surface area (Å²) in [5.41, 5.74) is 6.44. The molecule has 2 amide bonds. The number of primary amides is 1. The monoisotopic (exact) mass is 398 g/mol. The predicted octanol–water partition coefficient (Wildman–Crippen LogP) is 2.67. The molecule has 2 aromatic heterocycles. The minimum Gasteiger partial charge on any atom is -0.459 e. The second-order valence-corrected chi connectivity index (χ2v) is 7.30. The molecule has 0 aliphatic rings. The van der Waals surface area contributed by atoms with Crippen LogP contribution in [0.3, 0.4) is 0 Å². The molecule has 0 spiro atoms. The highest BCUT2D eigenvalue weighted by atomic mass is 35.5. The summed E-state index contributed by atoms with van der Waals surface area (Å²) >= 11 is 7.03. The number of halogens is 1. The number of nitrogens with zero attached hydrogens (tertiary/aromatic N) is 2. The molecule has 10 heteroatoms. The second kappa shape index (κ2) is 7.46. The molecular formula is C16H19ClN4O4S. The number of carbonyl (C=O) groups excluding carboxylic acids is 3. The van der Waals surface area contributed by atoms with Gasteiger partial charge in [0.1, 0.15) is 5.00 Å². The molecule has 2 aromatic rings. The number of thiophene rings is 1. The molecule has 0 unspecified atom stereocenters. The third-order valence-corrected chi connectivity index (χ3v) is 5.29. The summed E-state index contributed by atoms with van der Waals surface area (Å²) in [6, 6.07) is 0. The topological polar surface area (TPSA) is 116 Å². The molecule has 2 rings (SSSR count). The maximum atomic E-state index is 12.6. The van der Waals surface area contributed by atoms with Crippen LogP contribution in [0.2, 0.25) is 5.02 Å². The van der Waals surface area contributed by atoms with Gasteiger partial charge in [0, 0.05) is 7.05 Å². The van der Waals surface area contributed by atoms with E-state index >= 15 is 0 Å². The predicted molar refractivity (Wildman–Crippen MR) is 99.0 cm³/mol. The van der Waals surface area contributed by atoms with Crippen LogP contribution in [0.15, 0.2) is 0 Å². The first kappa shape index (κ1) is 19.9. The van der Waals surface area contributed by atoms with Crippen LogP contribution in [-0.2, 0) is 11.8 Å². The van der Waals surface area contributed by atoms with E-state index in [4.69, 9.17) is 22.1 Å². The fourth-order valence-corrected chi connectivity index (χ4v) is 3.53. The van der Waals surface area contributed by atoms with Crippen LogP contribution in [-0.4, -0.2) is 33.7 Å². The number of nitrogens with one attached hydrogen (secondary N) is 1. The molecule has 0 saturated carbocycles. The van der Waals surface area contributed by atoms with Crippen molar-refractivity contribution in [1.29, 1.82) is 0 Å². The second-order valence-electron chi connectivity index (χ2n) is 5.90. The summed E-state index contributed by atoms with van der Waals surface area (Å²) in [7, 11) is 1.66. The first-order chi connectivity index (χ1) is 12.0. The Kier molecular flexibility index (Phi) is 5.72. The first-order valence-electron chi connectivity index (χ1n) is 7.69. The number of amides is 2. The minimum atomic E-state index is -0.696. The average Bonchev–Trinajstić information content (AvgIpc) is 2.98. The Morgan fingerprint density at radius 1 is 1.31 bits per heavy atom. The minimum absolute atomic E-state index is 0.0153. The SMILES string of the molecule is Cc1c(C(N)=O)sc(NC(=O)c2nn(C)c(C)c2Cl)c1C(=O)OC(C)C. The Hall–Kier alpha value is -2.39. The molecule has 0 saturated heterocycles. The summed E-state index contributed by atoms with van der Waals surface area (Å²) in [5.74, 6) is -1.95. The summed E-state index contributed by atoms with van der Waals surface area (Å²) < 4.78 is 6.68. The van der Waals surface area contributed by atoms with E-state index in [1.807, 2.05) is 0 Å². The van der Waals surface area contributed by atoms with Crippen LogP contribution >= 0.6 is 22.9 Å². The third kappa shape index (κ3) is 3.73. The van der Waals surface area contributed by atoms with E-state index in [1.165, 1.54) is 4.68 Å². The van der Waals surface area contributed by atoms with Crippen LogP contribution in [0.4, 0.5) is 5.00 Å². The average molecular weight is 399 g/mol. The smallest absolute Gasteiger partial charge is 0.341 e. The largest absolute Gasteiger partial charge is 0.459 e. The van der Waals surface area contributed by atoms with Crippen LogP contribution in [0.5, 0.6) is 0 Å². The zero-order chi connectivity index (χ0) is 19.8. The zero-order valence-corrected chi connectivity index (χ0v) is 16.5. The van der Waals surface area contributed by atoms with Gasteiger partial charge in [-0.15, -0.1) is 11.3 Å². The number of anilines is 1. The molecule has 0 fully saturated rings. The summed E-state index contributed by atoms with van der Waals surface area (Å²) in [4.78, 5) is 36.8. The van der Waals surface area contributed by atoms with Crippen molar-refractivity contribution < 1.29 is 19.1 Å². The third-order valence-electron chi connectivity index (χ3n) is 3.62. The van der Waals surface area contributed by atoms with Gasteiger partial charge in [-0.3, -0.25) is 14.3 Å². The van der Waals surface area contributed by atoms with Gasteiger partial charge in [0.15, 0.2) is 5.69 Å². The number of ether oxygens (including phenoxy) is 1. The molecule has 0 aliphatic heterocycles. The van der Waals surface area contributed by atoms with E-state index in [0.717, 1.165) is 11.3 Å². The van der Waals surface area contributed by atoms with E-state index < -0.39 is 17.8 Å². The fraction of sp³-hybridized carbons (Fsp3) is 0.375. The lowest BCUT2D eigenvalue weighted by Crippen LogP contribution is -2.18. The standard InChI is InChI=1S/C16H19ClN4O4S/c1-6(2)25-16(24)9-7(3)12(13(18)22)26-15(9)19-14(23)11-10(17)8(4)21(5)20-11/h6H,1-5H3,(H2,18,22)(H,19,23). The van der Waals surface area contributed by atoms with Crippen molar-refractivity contribution in [2.75, 3.05) is 5.32 Å². The molecule has 140 valence electrons. The number of esters is 1. The van der Waals surface area contributed by atoms with Crippen molar-refractivity contribution >= 4 is 45.7 Å². The van der Waals surface area contributed by atoms with E-state index in [0.29, 0.717) is 11.3 Å². The number of aryl methyl sites for hydroxylation is 1. The van der Waals surface area contributed by atoms with Crippen molar-refractivity contribution in [1.82, 2.24) is 9.78 Å². The molecular weight excluding hydrogens is 380 g/mol. The number of nitrogens with two attached hydrogens (primary N) is 1. The van der Waals surface area contributed by atoms with Gasteiger partial charge in [-0.25, -0.2) is 4.79 Å². The van der Waals surface area contributed by atoms with Crippen molar-refractivity contribution in [3.8, 4) is 0 Å². The maximum Gasteiger partial charge on any atom is 0.341 e. The van der Waals surface area contributed by atoms with Gasteiger partial charge in [-0.05, 0) is 33.3 Å². The van der Waals surface area contributed by atoms with Crippen LogP contribution in [0.1, 0.15) is 55.6 Å². The van der Waals surface area contributed by atoms with E-state index in [-0.39, 0.29) is 32.3 Å². The highest BCUT2D eigenvalue weighted by Gasteiger charge is 2.28. The van der Waals surface area contributed by atoms with Gasteiger partial charge in [0.25, 0.3) is 11.8 Å². The quantitative estimate of drug-likeness (QED) is 0.751. The van der Waals surface area contributed by atoms with Crippen molar-refractivity contribution in [2.24, 2.45) is 12.8 Å². The van der Waals surface area contributed by atoms with Gasteiger partial charge < -0.3 is 15.8 Å². The first-order valence-corrected chi connectivity index (χ1v) is 8.88. The molecule has 0 aliphatic carbocycles. The maximum absolute atomic E-state index is 12.6. The Morgan fingerprint density at radius 2 is 1.92 bits per heavy atom. The zero-order valence-electron chi connectivity index (χ0n) is 15.0. The van der Waals surface area contributed by atoms with Gasteiger partial charge in [0.05, 0.1) is 27.3 Å². The molecule has 8 nitrogen and oxygen atoms in total. The van der Waals surface area contributed by atoms with Crippen molar-refractivity contribution in [3.05, 3.63) is 32.4 Å². The Labute approximate surface area is 159 Å². The summed E-state index contributed by atoms with van der Waals surface area (Å²) in [5, 5.41) is 7.02. The van der Waals surface area contributed by atoms with Gasteiger partial charge >= 0.3 is 5.97 Å². The van der Waals surface area contributed by atoms with Crippen LogP contribution in [0, 0.1) is 13.8 Å². The highest BCUT2D eigenvalue weighted by molar-refractivity contribution is 7.18. The van der Waals surface area contributed by atoms with Crippen LogP contribution < -0.4 is 11.1 Å². The number of hydrogen-bond donors (Lipinski definition) is 2. The molecule has 0 atom stereocenters. The normalized spacial score (nSPS) is 10.9. The van der Waals surface area contributed by atoms with E-state index in [1.54, 1.807) is 34.7 Å². The molecule has 0 bridgehead atoms.